The smallest absolute Gasteiger partial charge is 0.229 e. The molecule has 9 nitrogen and oxygen atoms in total. The van der Waals surface area contributed by atoms with Gasteiger partial charge in [-0.25, -0.2) is 4.98 Å². The molecule has 28 heavy (non-hydrogen) atoms. The van der Waals surface area contributed by atoms with Crippen LogP contribution >= 0.6 is 0 Å². The Morgan fingerprint density at radius 1 is 1.32 bits per heavy atom. The van der Waals surface area contributed by atoms with Gasteiger partial charge in [-0.2, -0.15) is 15.3 Å². The molecule has 1 aromatic carbocycles. The topological polar surface area (TPSA) is 125 Å². The number of nitrogens with zero attached hydrogens (tertiary/aromatic N) is 5. The van der Waals surface area contributed by atoms with Gasteiger partial charge in [0.2, 0.25) is 5.95 Å². The Balaban J connectivity index is 1.73. The Bertz CT molecular complexity index is 992. The summed E-state index contributed by atoms with van der Waals surface area (Å²) < 4.78 is 6.80. The minimum absolute atomic E-state index is 0.382. The fourth-order valence-electron chi connectivity index (χ4n) is 2.53. The first-order chi connectivity index (χ1) is 13.7. The molecule has 0 atom stereocenters. The summed E-state index contributed by atoms with van der Waals surface area (Å²) in [6.07, 6.45) is 6.27. The maximum atomic E-state index is 9.22. The molecule has 0 spiro atoms. The first kappa shape index (κ1) is 19.0. The number of rotatable bonds is 9. The summed E-state index contributed by atoms with van der Waals surface area (Å²) in [5.74, 6) is 0.889. The van der Waals surface area contributed by atoms with Crippen molar-refractivity contribution in [2.75, 3.05) is 24.4 Å². The van der Waals surface area contributed by atoms with Gasteiger partial charge in [0.05, 0.1) is 42.2 Å². The van der Waals surface area contributed by atoms with E-state index < -0.39 is 0 Å². The summed E-state index contributed by atoms with van der Waals surface area (Å²) in [6, 6.07) is 9.52. The molecule has 142 valence electrons. The molecule has 0 saturated heterocycles. The molecule has 3 aromatic rings. The van der Waals surface area contributed by atoms with Crippen LogP contribution < -0.4 is 10.6 Å². The van der Waals surface area contributed by atoms with Crippen molar-refractivity contribution in [2.45, 2.75) is 13.1 Å². The first-order valence-electron chi connectivity index (χ1n) is 8.61. The molecular weight excluding hydrogens is 356 g/mol. The SMILES string of the molecule is COCCn1cc(Nc2ncc(C=N)c(NCc3ccccc3C#N)n2)cn1. The van der Waals surface area contributed by atoms with E-state index in [1.54, 1.807) is 30.3 Å². The largest absolute Gasteiger partial charge is 0.383 e. The van der Waals surface area contributed by atoms with Gasteiger partial charge in [-0.05, 0) is 11.6 Å². The van der Waals surface area contributed by atoms with Gasteiger partial charge in [-0.3, -0.25) is 4.68 Å². The molecule has 9 heteroatoms. The fraction of sp³-hybridized carbons (Fsp3) is 0.211. The predicted molar refractivity (Wildman–Crippen MR) is 106 cm³/mol. The van der Waals surface area contributed by atoms with Crippen LogP contribution in [0, 0.1) is 16.7 Å². The van der Waals surface area contributed by atoms with E-state index in [0.717, 1.165) is 11.3 Å². The van der Waals surface area contributed by atoms with Crippen LogP contribution in [0.1, 0.15) is 16.7 Å². The van der Waals surface area contributed by atoms with E-state index in [1.165, 1.54) is 6.21 Å². The van der Waals surface area contributed by atoms with Crippen molar-refractivity contribution in [3.63, 3.8) is 0 Å². The molecule has 3 N–H and O–H groups in total. The second-order valence-electron chi connectivity index (χ2n) is 5.87. The summed E-state index contributed by atoms with van der Waals surface area (Å²) in [6.45, 7) is 1.64. The van der Waals surface area contributed by atoms with E-state index in [2.05, 4.69) is 31.8 Å². The lowest BCUT2D eigenvalue weighted by Gasteiger charge is -2.11. The molecule has 0 bridgehead atoms. The van der Waals surface area contributed by atoms with Gasteiger partial charge in [0.25, 0.3) is 0 Å². The van der Waals surface area contributed by atoms with E-state index in [9.17, 15) is 5.26 Å². The lowest BCUT2D eigenvalue weighted by atomic mass is 10.1. The zero-order chi connectivity index (χ0) is 19.8. The number of benzene rings is 1. The Morgan fingerprint density at radius 3 is 2.96 bits per heavy atom. The molecule has 2 aromatic heterocycles. The van der Waals surface area contributed by atoms with Crippen LogP contribution in [0.2, 0.25) is 0 Å². The molecule has 3 rings (SSSR count). The van der Waals surface area contributed by atoms with Crippen molar-refractivity contribution in [1.82, 2.24) is 19.7 Å². The summed E-state index contributed by atoms with van der Waals surface area (Å²) in [7, 11) is 1.64. The van der Waals surface area contributed by atoms with Crippen molar-refractivity contribution < 1.29 is 4.74 Å². The lowest BCUT2D eigenvalue weighted by molar-refractivity contribution is 0.183. The summed E-state index contributed by atoms with van der Waals surface area (Å²) in [4.78, 5) is 8.69. The number of methoxy groups -OCH3 is 1. The van der Waals surface area contributed by atoms with E-state index in [4.69, 9.17) is 10.1 Å². The Morgan fingerprint density at radius 2 is 2.18 bits per heavy atom. The van der Waals surface area contributed by atoms with Crippen LogP contribution in [0.15, 0.2) is 42.9 Å². The predicted octanol–water partition coefficient (Wildman–Crippen LogP) is 2.54. The number of ether oxygens (including phenoxy) is 1. The Kier molecular flexibility index (Phi) is 6.28. The molecule has 0 fully saturated rings. The quantitative estimate of drug-likeness (QED) is 0.490. The monoisotopic (exact) mass is 376 g/mol. The fourth-order valence-corrected chi connectivity index (χ4v) is 2.53. The van der Waals surface area contributed by atoms with Crippen LogP contribution in [0.4, 0.5) is 17.5 Å². The number of aromatic nitrogens is 4. The Hall–Kier alpha value is -3.77. The third kappa shape index (κ3) is 4.69. The second kappa shape index (κ2) is 9.25. The van der Waals surface area contributed by atoms with Crippen LogP contribution in [0.25, 0.3) is 0 Å². The van der Waals surface area contributed by atoms with E-state index in [-0.39, 0.29) is 0 Å². The standard InChI is InChI=1S/C19H20N8O/c1-28-7-6-27-13-17(12-24-27)25-19-23-11-16(9-21)18(26-19)22-10-15-5-3-2-4-14(15)8-20/h2-5,9,11-13,21H,6-7,10H2,1H3,(H2,22,23,25,26). The summed E-state index contributed by atoms with van der Waals surface area (Å²) in [5.41, 5.74) is 2.76. The van der Waals surface area contributed by atoms with Gasteiger partial charge < -0.3 is 20.8 Å². The lowest BCUT2D eigenvalue weighted by Crippen LogP contribution is -2.08. The van der Waals surface area contributed by atoms with Crippen molar-refractivity contribution >= 4 is 23.7 Å². The normalized spacial score (nSPS) is 10.3. The van der Waals surface area contributed by atoms with E-state index in [0.29, 0.717) is 42.6 Å². The van der Waals surface area contributed by atoms with Crippen molar-refractivity contribution in [2.24, 2.45) is 0 Å². The van der Waals surface area contributed by atoms with E-state index >= 15 is 0 Å². The zero-order valence-electron chi connectivity index (χ0n) is 15.4. The third-order valence-electron chi connectivity index (χ3n) is 3.97. The zero-order valence-corrected chi connectivity index (χ0v) is 15.4. The average molecular weight is 376 g/mol. The van der Waals surface area contributed by atoms with E-state index in [1.807, 2.05) is 24.4 Å². The number of hydrogen-bond donors (Lipinski definition) is 3. The highest BCUT2D eigenvalue weighted by molar-refractivity contribution is 5.84. The van der Waals surface area contributed by atoms with Gasteiger partial charge in [0.15, 0.2) is 0 Å². The van der Waals surface area contributed by atoms with Gasteiger partial charge >= 0.3 is 0 Å². The highest BCUT2D eigenvalue weighted by atomic mass is 16.5. The number of nitrogens with one attached hydrogen (secondary N) is 3. The molecule has 0 aliphatic rings. The second-order valence-corrected chi connectivity index (χ2v) is 5.87. The molecule has 0 aliphatic heterocycles. The third-order valence-corrected chi connectivity index (χ3v) is 3.97. The molecular formula is C19H20N8O. The van der Waals surface area contributed by atoms with Crippen LogP contribution in [0.3, 0.4) is 0 Å². The molecule has 0 radical (unpaired) electrons. The summed E-state index contributed by atoms with van der Waals surface area (Å²) >= 11 is 0. The van der Waals surface area contributed by atoms with Crippen LogP contribution in [-0.2, 0) is 17.8 Å². The van der Waals surface area contributed by atoms with Crippen molar-refractivity contribution in [3.05, 3.63) is 59.5 Å². The van der Waals surface area contributed by atoms with Crippen LogP contribution in [-0.4, -0.2) is 39.7 Å². The Labute approximate surface area is 162 Å². The number of hydrogen-bond acceptors (Lipinski definition) is 8. The minimum atomic E-state index is 0.382. The average Bonchev–Trinajstić information content (AvgIpc) is 3.18. The van der Waals surface area contributed by atoms with Gasteiger partial charge in [0, 0.05) is 32.3 Å². The van der Waals surface area contributed by atoms with Crippen LogP contribution in [0.5, 0.6) is 0 Å². The molecule has 2 heterocycles. The number of nitriles is 1. The molecule has 0 amide bonds. The van der Waals surface area contributed by atoms with Crippen molar-refractivity contribution in [1.29, 1.82) is 10.7 Å². The molecule has 0 unspecified atom stereocenters. The molecule has 0 aliphatic carbocycles. The highest BCUT2D eigenvalue weighted by Crippen LogP contribution is 2.18. The maximum Gasteiger partial charge on any atom is 0.229 e. The maximum absolute atomic E-state index is 9.22. The molecule has 0 saturated carbocycles. The summed E-state index contributed by atoms with van der Waals surface area (Å²) in [5, 5.41) is 27.3. The first-order valence-corrected chi connectivity index (χ1v) is 8.61. The van der Waals surface area contributed by atoms with Gasteiger partial charge in [-0.1, -0.05) is 18.2 Å². The van der Waals surface area contributed by atoms with Crippen molar-refractivity contribution in [3.8, 4) is 6.07 Å². The van der Waals surface area contributed by atoms with Gasteiger partial charge in [-0.15, -0.1) is 0 Å². The van der Waals surface area contributed by atoms with Gasteiger partial charge in [0.1, 0.15) is 5.82 Å². The number of anilines is 3. The highest BCUT2D eigenvalue weighted by Gasteiger charge is 2.08. The minimum Gasteiger partial charge on any atom is -0.383 e.